The molecular formula is C17H16FNOS. The van der Waals surface area contributed by atoms with Crippen LogP contribution in [-0.4, -0.2) is 11.7 Å². The largest absolute Gasteiger partial charge is 0.321 e. The van der Waals surface area contributed by atoms with E-state index in [1.54, 1.807) is 43.0 Å². The number of carbonyl (C=O) groups is 1. The molecule has 0 bridgehead atoms. The number of rotatable bonds is 5. The summed E-state index contributed by atoms with van der Waals surface area (Å²) in [5.74, 6) is -0.180. The van der Waals surface area contributed by atoms with Crippen LogP contribution < -0.4 is 5.32 Å². The lowest BCUT2D eigenvalue weighted by atomic mass is 10.1. The van der Waals surface area contributed by atoms with Crippen LogP contribution in [0.25, 0.3) is 0 Å². The van der Waals surface area contributed by atoms with Gasteiger partial charge in [0.15, 0.2) is 0 Å². The van der Waals surface area contributed by atoms with Gasteiger partial charge in [0.1, 0.15) is 5.82 Å². The highest BCUT2D eigenvalue weighted by Gasteiger charge is 2.14. The van der Waals surface area contributed by atoms with Gasteiger partial charge in [0.25, 0.3) is 5.91 Å². The highest BCUT2D eigenvalue weighted by Crippen LogP contribution is 2.27. The topological polar surface area (TPSA) is 29.1 Å². The molecular weight excluding hydrogens is 285 g/mol. The molecule has 2 nitrogen and oxygen atoms in total. The maximum atomic E-state index is 14.0. The molecule has 0 radical (unpaired) electrons. The predicted octanol–water partition coefficient (Wildman–Crippen LogP) is 4.66. The molecule has 0 aliphatic heterocycles. The van der Waals surface area contributed by atoms with E-state index in [4.69, 9.17) is 0 Å². The molecule has 4 heteroatoms. The fourth-order valence-electron chi connectivity index (χ4n) is 1.86. The minimum atomic E-state index is -0.480. The van der Waals surface area contributed by atoms with Crippen LogP contribution in [0, 0.1) is 12.7 Å². The number of hydrogen-bond donors (Lipinski definition) is 1. The highest BCUT2D eigenvalue weighted by molar-refractivity contribution is 7.99. The van der Waals surface area contributed by atoms with Crippen LogP contribution in [0.15, 0.2) is 60.0 Å². The van der Waals surface area contributed by atoms with Crippen molar-refractivity contribution in [2.24, 2.45) is 0 Å². The van der Waals surface area contributed by atoms with E-state index >= 15 is 0 Å². The Bertz CT molecular complexity index is 670. The molecule has 0 aliphatic carbocycles. The second-order valence-corrected chi connectivity index (χ2v) is 5.55. The second-order valence-electron chi connectivity index (χ2n) is 4.49. The number of anilines is 1. The van der Waals surface area contributed by atoms with Crippen molar-refractivity contribution in [3.05, 3.63) is 72.1 Å². The minimum Gasteiger partial charge on any atom is -0.321 e. The van der Waals surface area contributed by atoms with Crippen LogP contribution >= 0.6 is 11.8 Å². The van der Waals surface area contributed by atoms with Crippen molar-refractivity contribution < 1.29 is 9.18 Å². The van der Waals surface area contributed by atoms with E-state index in [0.29, 0.717) is 11.3 Å². The second kappa shape index (κ2) is 7.09. The Kier molecular flexibility index (Phi) is 5.17. The highest BCUT2D eigenvalue weighted by atomic mass is 32.2. The summed E-state index contributed by atoms with van der Waals surface area (Å²) in [4.78, 5) is 13.2. The van der Waals surface area contributed by atoms with Crippen LogP contribution in [0.2, 0.25) is 0 Å². The van der Waals surface area contributed by atoms with Crippen LogP contribution in [0.3, 0.4) is 0 Å². The summed E-state index contributed by atoms with van der Waals surface area (Å²) in [5, 5.41) is 2.77. The van der Waals surface area contributed by atoms with Gasteiger partial charge in [-0.05, 0) is 30.7 Å². The van der Waals surface area contributed by atoms with E-state index in [2.05, 4.69) is 11.9 Å². The van der Waals surface area contributed by atoms with Crippen molar-refractivity contribution in [1.82, 2.24) is 0 Å². The molecule has 2 aromatic carbocycles. The maximum Gasteiger partial charge on any atom is 0.258 e. The van der Waals surface area contributed by atoms with Crippen molar-refractivity contribution >= 4 is 23.4 Å². The van der Waals surface area contributed by atoms with Crippen molar-refractivity contribution in [1.29, 1.82) is 0 Å². The first kappa shape index (κ1) is 15.3. The molecule has 0 saturated carbocycles. The molecule has 0 aromatic heterocycles. The van der Waals surface area contributed by atoms with E-state index in [1.165, 1.54) is 6.07 Å². The molecule has 1 amide bonds. The van der Waals surface area contributed by atoms with Crippen LogP contribution in [0.4, 0.5) is 10.1 Å². The molecule has 108 valence electrons. The van der Waals surface area contributed by atoms with Crippen LogP contribution in [0.5, 0.6) is 0 Å². The Morgan fingerprint density at radius 2 is 2.05 bits per heavy atom. The molecule has 2 rings (SSSR count). The van der Waals surface area contributed by atoms with Gasteiger partial charge in [0.05, 0.1) is 11.3 Å². The zero-order chi connectivity index (χ0) is 15.2. The molecule has 21 heavy (non-hydrogen) atoms. The lowest BCUT2D eigenvalue weighted by molar-refractivity contribution is 0.102. The predicted molar refractivity (Wildman–Crippen MR) is 86.5 cm³/mol. The fourth-order valence-corrected chi connectivity index (χ4v) is 2.60. The summed E-state index contributed by atoms with van der Waals surface area (Å²) in [6.07, 6.45) is 1.80. The number of amides is 1. The third kappa shape index (κ3) is 3.73. The zero-order valence-electron chi connectivity index (χ0n) is 11.7. The smallest absolute Gasteiger partial charge is 0.258 e. The monoisotopic (exact) mass is 301 g/mol. The van der Waals surface area contributed by atoms with Crippen molar-refractivity contribution in [3.8, 4) is 0 Å². The molecule has 0 aliphatic rings. The number of halogens is 1. The molecule has 0 spiro atoms. The summed E-state index contributed by atoms with van der Waals surface area (Å²) in [6.45, 7) is 5.32. The van der Waals surface area contributed by atoms with Gasteiger partial charge >= 0.3 is 0 Å². The van der Waals surface area contributed by atoms with Crippen LogP contribution in [0.1, 0.15) is 15.9 Å². The Balaban J connectivity index is 2.23. The fraction of sp³-hybridized carbons (Fsp3) is 0.118. The van der Waals surface area contributed by atoms with Gasteiger partial charge in [-0.3, -0.25) is 4.79 Å². The first-order valence-electron chi connectivity index (χ1n) is 6.52. The van der Waals surface area contributed by atoms with Gasteiger partial charge in [0, 0.05) is 10.6 Å². The number of aryl methyl sites for hydroxylation is 1. The first-order chi connectivity index (χ1) is 10.1. The summed E-state index contributed by atoms with van der Waals surface area (Å²) in [7, 11) is 0. The molecule has 1 N–H and O–H groups in total. The average Bonchev–Trinajstić information content (AvgIpc) is 2.49. The number of carbonyl (C=O) groups excluding carboxylic acids is 1. The quantitative estimate of drug-likeness (QED) is 0.642. The summed E-state index contributed by atoms with van der Waals surface area (Å²) >= 11 is 1.57. The Labute approximate surface area is 128 Å². The Morgan fingerprint density at radius 1 is 1.29 bits per heavy atom. The summed E-state index contributed by atoms with van der Waals surface area (Å²) < 4.78 is 14.0. The molecule has 0 atom stereocenters. The van der Waals surface area contributed by atoms with Gasteiger partial charge in [-0.2, -0.15) is 0 Å². The summed E-state index contributed by atoms with van der Waals surface area (Å²) in [5.41, 5.74) is 1.19. The van der Waals surface area contributed by atoms with Crippen molar-refractivity contribution in [2.75, 3.05) is 11.1 Å². The van der Waals surface area contributed by atoms with Gasteiger partial charge in [-0.25, -0.2) is 4.39 Å². The van der Waals surface area contributed by atoms with Gasteiger partial charge in [-0.15, -0.1) is 18.3 Å². The normalized spacial score (nSPS) is 10.2. The molecule has 0 heterocycles. The SMILES string of the molecule is C=CCSc1ccccc1NC(=O)c1cccc(C)c1F. The number of thioether (sulfide) groups is 1. The number of para-hydroxylation sites is 1. The van der Waals surface area contributed by atoms with E-state index in [0.717, 1.165) is 10.6 Å². The zero-order valence-corrected chi connectivity index (χ0v) is 12.5. The standard InChI is InChI=1S/C17H16FNOS/c1-3-11-21-15-10-5-4-9-14(15)19-17(20)13-8-6-7-12(2)16(13)18/h3-10H,1,11H2,2H3,(H,19,20). The Hall–Kier alpha value is -2.07. The number of nitrogens with one attached hydrogen (secondary N) is 1. The third-order valence-corrected chi connectivity index (χ3v) is 4.00. The van der Waals surface area contributed by atoms with E-state index in [9.17, 15) is 9.18 Å². The van der Waals surface area contributed by atoms with Gasteiger partial charge < -0.3 is 5.32 Å². The molecule has 0 unspecified atom stereocenters. The summed E-state index contributed by atoms with van der Waals surface area (Å²) in [6, 6.07) is 12.2. The molecule has 2 aromatic rings. The van der Waals surface area contributed by atoms with Crippen molar-refractivity contribution in [3.63, 3.8) is 0 Å². The van der Waals surface area contributed by atoms with Crippen molar-refractivity contribution in [2.45, 2.75) is 11.8 Å². The van der Waals surface area contributed by atoms with E-state index < -0.39 is 11.7 Å². The van der Waals surface area contributed by atoms with Gasteiger partial charge in [-0.1, -0.05) is 30.3 Å². The number of hydrogen-bond acceptors (Lipinski definition) is 2. The lowest BCUT2D eigenvalue weighted by Crippen LogP contribution is -2.14. The maximum absolute atomic E-state index is 14.0. The first-order valence-corrected chi connectivity index (χ1v) is 7.51. The van der Waals surface area contributed by atoms with E-state index in [1.807, 2.05) is 18.2 Å². The number of benzene rings is 2. The Morgan fingerprint density at radius 3 is 2.81 bits per heavy atom. The average molecular weight is 301 g/mol. The molecule has 0 saturated heterocycles. The van der Waals surface area contributed by atoms with E-state index in [-0.39, 0.29) is 5.56 Å². The molecule has 0 fully saturated rings. The lowest BCUT2D eigenvalue weighted by Gasteiger charge is -2.11. The minimum absolute atomic E-state index is 0.0542. The van der Waals surface area contributed by atoms with Crippen LogP contribution in [-0.2, 0) is 0 Å². The van der Waals surface area contributed by atoms with Gasteiger partial charge in [0.2, 0.25) is 0 Å². The third-order valence-electron chi connectivity index (χ3n) is 2.93.